The van der Waals surface area contributed by atoms with Gasteiger partial charge in [0.15, 0.2) is 11.6 Å². The number of hydrogen-bond acceptors (Lipinski definition) is 7. The predicted octanol–water partition coefficient (Wildman–Crippen LogP) is 4.49. The number of ether oxygens (including phenoxy) is 1. The molecule has 0 spiro atoms. The summed E-state index contributed by atoms with van der Waals surface area (Å²) < 4.78 is 47.8. The van der Waals surface area contributed by atoms with Gasteiger partial charge in [0.1, 0.15) is 22.2 Å². The lowest BCUT2D eigenvalue weighted by molar-refractivity contribution is 0.475. The van der Waals surface area contributed by atoms with E-state index in [1.165, 1.54) is 18.3 Å². The molecule has 0 saturated carbocycles. The smallest absolute Gasteiger partial charge is 0.266 e. The number of anilines is 2. The van der Waals surface area contributed by atoms with E-state index in [0.29, 0.717) is 16.1 Å². The summed E-state index contributed by atoms with van der Waals surface area (Å²) in [5, 5.41) is 13.9. The minimum absolute atomic E-state index is 0.0770. The van der Waals surface area contributed by atoms with Crippen molar-refractivity contribution in [3.05, 3.63) is 70.7 Å². The molecule has 2 heterocycles. The number of aromatic nitrogens is 4. The van der Waals surface area contributed by atoms with Crippen LogP contribution < -0.4 is 15.2 Å². The Hall–Kier alpha value is -3.41. The Morgan fingerprint density at radius 3 is 2.59 bits per heavy atom. The zero-order chi connectivity index (χ0) is 22.9. The first kappa shape index (κ1) is 21.8. The molecule has 0 saturated heterocycles. The second-order valence-corrected chi connectivity index (χ2v) is 8.85. The average Bonchev–Trinajstić information content (AvgIpc) is 3.17. The first-order valence-electron chi connectivity index (χ1n) is 8.81. The van der Waals surface area contributed by atoms with Crippen LogP contribution >= 0.6 is 23.2 Å². The Kier molecular flexibility index (Phi) is 5.87. The average molecular weight is 495 g/mol. The fraction of sp³-hybridized carbons (Fsp3) is 0. The second-order valence-electron chi connectivity index (χ2n) is 6.35. The summed E-state index contributed by atoms with van der Waals surface area (Å²) in [5.41, 5.74) is 6.84. The van der Waals surface area contributed by atoms with E-state index in [1.807, 2.05) is 0 Å². The number of nitrogens with zero attached hydrogens (tertiary/aromatic N) is 3. The summed E-state index contributed by atoms with van der Waals surface area (Å²) in [6.45, 7) is 0. The van der Waals surface area contributed by atoms with Gasteiger partial charge in [0, 0.05) is 34.6 Å². The molecule has 0 fully saturated rings. The maximum Gasteiger partial charge on any atom is 0.266 e. The molecule has 0 atom stereocenters. The van der Waals surface area contributed by atoms with Gasteiger partial charge in [-0.1, -0.05) is 23.2 Å². The zero-order valence-electron chi connectivity index (χ0n) is 15.9. The minimum atomic E-state index is -4.32. The van der Waals surface area contributed by atoms with Gasteiger partial charge in [0.05, 0.1) is 5.02 Å². The first-order valence-corrected chi connectivity index (χ1v) is 11.0. The fourth-order valence-electron chi connectivity index (χ4n) is 2.78. The number of aromatic amines is 1. The summed E-state index contributed by atoms with van der Waals surface area (Å²) in [4.78, 5) is -0.684. The highest BCUT2D eigenvalue weighted by atomic mass is 35.5. The zero-order valence-corrected chi connectivity index (χ0v) is 18.2. The molecule has 2 aromatic heterocycles. The molecule has 0 radical (unpaired) electrons. The predicted molar refractivity (Wildman–Crippen MR) is 118 cm³/mol. The lowest BCUT2D eigenvalue weighted by atomic mass is 10.1. The van der Waals surface area contributed by atoms with E-state index in [2.05, 4.69) is 25.1 Å². The Labute approximate surface area is 191 Å². The number of benzene rings is 2. The van der Waals surface area contributed by atoms with Gasteiger partial charge in [-0.2, -0.15) is 10.2 Å². The lowest BCUT2D eigenvalue weighted by Gasteiger charge is -2.14. The van der Waals surface area contributed by atoms with Crippen LogP contribution in [0.25, 0.3) is 11.1 Å². The molecule has 0 amide bonds. The molecular weight excluding hydrogens is 482 g/mol. The van der Waals surface area contributed by atoms with Crippen molar-refractivity contribution in [3.63, 3.8) is 0 Å². The summed E-state index contributed by atoms with van der Waals surface area (Å²) in [7, 11) is -4.32. The molecule has 4 N–H and O–H groups in total. The number of nitrogen functional groups attached to an aromatic ring is 1. The van der Waals surface area contributed by atoms with E-state index in [9.17, 15) is 12.8 Å². The number of halogens is 3. The van der Waals surface area contributed by atoms with Gasteiger partial charge < -0.3 is 10.5 Å². The van der Waals surface area contributed by atoms with Crippen LogP contribution in [0.2, 0.25) is 10.0 Å². The molecule has 0 aliphatic rings. The van der Waals surface area contributed by atoms with Gasteiger partial charge in [-0.05, 0) is 36.4 Å². The van der Waals surface area contributed by atoms with Crippen LogP contribution in [0.1, 0.15) is 0 Å². The summed E-state index contributed by atoms with van der Waals surface area (Å²) in [6.07, 6.45) is 2.91. The maximum absolute atomic E-state index is 14.8. The molecule has 9 nitrogen and oxygen atoms in total. The molecule has 4 aromatic rings. The van der Waals surface area contributed by atoms with E-state index < -0.39 is 20.7 Å². The standard InChI is InChI=1S/C19H13Cl2FN6O3S/c20-10-3-4-15(11(6-10)12-9-25-27-19(12)23)31-16-8-14(22)17(7-13(16)21)32(29,30)28-18-2-1-5-24-26-18/h1-9H,(H,26,28)(H3,23,25,27). The van der Waals surface area contributed by atoms with Crippen LogP contribution in [0, 0.1) is 5.82 Å². The van der Waals surface area contributed by atoms with Crippen molar-refractivity contribution in [2.24, 2.45) is 0 Å². The van der Waals surface area contributed by atoms with Crippen molar-refractivity contribution in [1.82, 2.24) is 20.4 Å². The number of nitrogens with two attached hydrogens (primary N) is 1. The van der Waals surface area contributed by atoms with Gasteiger partial charge in [-0.25, -0.2) is 12.8 Å². The van der Waals surface area contributed by atoms with Crippen molar-refractivity contribution in [2.75, 3.05) is 10.5 Å². The first-order chi connectivity index (χ1) is 15.2. The van der Waals surface area contributed by atoms with Gasteiger partial charge >= 0.3 is 0 Å². The number of sulfonamides is 1. The van der Waals surface area contributed by atoms with Crippen LogP contribution in [-0.4, -0.2) is 28.8 Å². The maximum atomic E-state index is 14.8. The van der Waals surface area contributed by atoms with Crippen molar-refractivity contribution in [3.8, 4) is 22.6 Å². The van der Waals surface area contributed by atoms with Crippen molar-refractivity contribution in [2.45, 2.75) is 4.90 Å². The molecular formula is C19H13Cl2FN6O3S. The lowest BCUT2D eigenvalue weighted by Crippen LogP contribution is -2.15. The highest BCUT2D eigenvalue weighted by Gasteiger charge is 2.23. The highest BCUT2D eigenvalue weighted by molar-refractivity contribution is 7.92. The number of hydrogen-bond donors (Lipinski definition) is 3. The van der Waals surface area contributed by atoms with Crippen LogP contribution in [0.4, 0.5) is 16.0 Å². The molecule has 0 bridgehead atoms. The van der Waals surface area contributed by atoms with Crippen LogP contribution in [-0.2, 0) is 10.0 Å². The fourth-order valence-corrected chi connectivity index (χ4v) is 4.30. The third-order valence-electron chi connectivity index (χ3n) is 4.21. The largest absolute Gasteiger partial charge is 0.455 e. The van der Waals surface area contributed by atoms with Crippen LogP contribution in [0.15, 0.2) is 59.8 Å². The van der Waals surface area contributed by atoms with E-state index in [4.69, 9.17) is 33.7 Å². The van der Waals surface area contributed by atoms with Crippen LogP contribution in [0.5, 0.6) is 11.5 Å². The van der Waals surface area contributed by atoms with E-state index in [-0.39, 0.29) is 28.2 Å². The molecule has 32 heavy (non-hydrogen) atoms. The number of rotatable bonds is 6. The SMILES string of the molecule is Nc1n[nH]cc1-c1cc(Cl)ccc1Oc1cc(F)c(S(=O)(=O)Nc2cccnn2)cc1Cl. The number of nitrogens with one attached hydrogen (secondary N) is 2. The molecule has 0 aliphatic carbocycles. The number of H-pyrrole nitrogens is 1. The highest BCUT2D eigenvalue weighted by Crippen LogP contribution is 2.40. The normalized spacial score (nSPS) is 11.3. The van der Waals surface area contributed by atoms with E-state index in [1.54, 1.807) is 24.4 Å². The monoisotopic (exact) mass is 494 g/mol. The Morgan fingerprint density at radius 1 is 1.09 bits per heavy atom. The molecule has 4 rings (SSSR count). The topological polar surface area (TPSA) is 136 Å². The molecule has 0 unspecified atom stereocenters. The quantitative estimate of drug-likeness (QED) is 0.359. The third kappa shape index (κ3) is 4.44. The summed E-state index contributed by atoms with van der Waals surface area (Å²) >= 11 is 12.3. The minimum Gasteiger partial charge on any atom is -0.455 e. The molecule has 13 heteroatoms. The van der Waals surface area contributed by atoms with Gasteiger partial charge in [-0.3, -0.25) is 9.82 Å². The summed E-state index contributed by atoms with van der Waals surface area (Å²) in [6, 6.07) is 9.33. The van der Waals surface area contributed by atoms with Crippen LogP contribution in [0.3, 0.4) is 0 Å². The van der Waals surface area contributed by atoms with E-state index in [0.717, 1.165) is 12.1 Å². The van der Waals surface area contributed by atoms with Gasteiger partial charge in [0.2, 0.25) is 0 Å². The van der Waals surface area contributed by atoms with Crippen molar-refractivity contribution in [1.29, 1.82) is 0 Å². The molecule has 2 aromatic carbocycles. The molecule has 0 aliphatic heterocycles. The van der Waals surface area contributed by atoms with Gasteiger partial charge in [-0.15, -0.1) is 5.10 Å². The molecule has 164 valence electrons. The van der Waals surface area contributed by atoms with Crippen molar-refractivity contribution >= 4 is 44.9 Å². The second kappa shape index (κ2) is 8.61. The van der Waals surface area contributed by atoms with E-state index >= 15 is 0 Å². The summed E-state index contributed by atoms with van der Waals surface area (Å²) in [5.74, 6) is -0.831. The Morgan fingerprint density at radius 2 is 1.91 bits per heavy atom. The van der Waals surface area contributed by atoms with Crippen molar-refractivity contribution < 1.29 is 17.5 Å². The van der Waals surface area contributed by atoms with Gasteiger partial charge in [0.25, 0.3) is 10.0 Å². The third-order valence-corrected chi connectivity index (χ3v) is 6.11. The Balaban J connectivity index is 1.69. The Bertz CT molecular complexity index is 1400.